The molecule has 3 aromatic carbocycles. The highest BCUT2D eigenvalue weighted by molar-refractivity contribution is 5.81. The maximum Gasteiger partial charge on any atom is 0.130 e. The molecule has 0 spiro atoms. The van der Waals surface area contributed by atoms with Crippen LogP contribution in [0.15, 0.2) is 78.4 Å². The maximum atomic E-state index is 9.27. The fourth-order valence-electron chi connectivity index (χ4n) is 4.38. The number of hydrogen-bond donors (Lipinski definition) is 0. The van der Waals surface area contributed by atoms with Gasteiger partial charge in [-0.2, -0.15) is 10.5 Å². The van der Waals surface area contributed by atoms with Gasteiger partial charge in [0.1, 0.15) is 23.5 Å². The lowest BCUT2D eigenvalue weighted by Gasteiger charge is -2.39. The van der Waals surface area contributed by atoms with Gasteiger partial charge in [0.25, 0.3) is 0 Å². The van der Waals surface area contributed by atoms with Crippen molar-refractivity contribution in [2.45, 2.75) is 12.8 Å². The Balaban J connectivity index is 1.66. The number of rotatable bonds is 8. The van der Waals surface area contributed by atoms with Crippen molar-refractivity contribution < 1.29 is 4.74 Å². The molecule has 0 saturated heterocycles. The van der Waals surface area contributed by atoms with Crippen LogP contribution in [0.4, 0.5) is 11.4 Å². The average Bonchev–Trinajstić information content (AvgIpc) is 2.90. The van der Waals surface area contributed by atoms with Gasteiger partial charge in [0.05, 0.1) is 18.5 Å². The van der Waals surface area contributed by atoms with E-state index in [0.29, 0.717) is 5.75 Å². The summed E-state index contributed by atoms with van der Waals surface area (Å²) >= 11 is 0. The molecule has 0 fully saturated rings. The first-order valence-corrected chi connectivity index (χ1v) is 11.5. The molecule has 4 rings (SSSR count). The van der Waals surface area contributed by atoms with E-state index in [1.165, 1.54) is 11.1 Å². The summed E-state index contributed by atoms with van der Waals surface area (Å²) in [5.41, 5.74) is 5.66. The highest BCUT2D eigenvalue weighted by Gasteiger charge is 2.24. The Bertz CT molecular complexity index is 1210. The second-order valence-corrected chi connectivity index (χ2v) is 8.31. The molecule has 1 aliphatic rings. The van der Waals surface area contributed by atoms with Crippen LogP contribution in [-0.4, -0.2) is 33.3 Å². The Hall–Kier alpha value is -4.22. The van der Waals surface area contributed by atoms with Gasteiger partial charge in [-0.05, 0) is 36.1 Å². The topological polar surface area (TPSA) is 63.3 Å². The number of anilines is 2. The van der Waals surface area contributed by atoms with E-state index in [4.69, 9.17) is 4.74 Å². The normalized spacial score (nSPS) is 12.3. The third-order valence-electron chi connectivity index (χ3n) is 6.22. The van der Waals surface area contributed by atoms with E-state index in [1.54, 1.807) is 13.2 Å². The van der Waals surface area contributed by atoms with Gasteiger partial charge in [-0.15, -0.1) is 0 Å². The summed E-state index contributed by atoms with van der Waals surface area (Å²) in [6.07, 6.45) is 3.52. The predicted molar refractivity (Wildman–Crippen MR) is 137 cm³/mol. The van der Waals surface area contributed by atoms with Crippen molar-refractivity contribution >= 4 is 17.5 Å². The van der Waals surface area contributed by atoms with E-state index >= 15 is 0 Å². The zero-order valence-corrected chi connectivity index (χ0v) is 19.4. The fraction of sp³-hybridized carbons (Fsp3) is 0.241. The summed E-state index contributed by atoms with van der Waals surface area (Å²) in [6.45, 7) is 3.63. The number of nitrogens with zero attached hydrogens (tertiary/aromatic N) is 4. The summed E-state index contributed by atoms with van der Waals surface area (Å²) in [4.78, 5) is 4.81. The molecule has 5 nitrogen and oxygen atoms in total. The summed E-state index contributed by atoms with van der Waals surface area (Å²) < 4.78 is 5.67. The minimum absolute atomic E-state index is 0.0610. The smallest absolute Gasteiger partial charge is 0.130 e. The van der Waals surface area contributed by atoms with Gasteiger partial charge in [-0.25, -0.2) is 0 Å². The molecule has 5 heteroatoms. The molecule has 0 radical (unpaired) electrons. The lowest BCUT2D eigenvalue weighted by Crippen LogP contribution is -2.42. The second-order valence-electron chi connectivity index (χ2n) is 8.31. The Morgan fingerprint density at radius 2 is 1.32 bits per heavy atom. The van der Waals surface area contributed by atoms with Crippen molar-refractivity contribution in [2.75, 3.05) is 43.1 Å². The van der Waals surface area contributed by atoms with Crippen molar-refractivity contribution in [3.8, 4) is 17.9 Å². The van der Waals surface area contributed by atoms with E-state index in [0.717, 1.165) is 56.0 Å². The monoisotopic (exact) mass is 448 g/mol. The molecule has 0 saturated carbocycles. The van der Waals surface area contributed by atoms with Crippen molar-refractivity contribution in [2.24, 2.45) is 0 Å². The Morgan fingerprint density at radius 1 is 0.824 bits per heavy atom. The van der Waals surface area contributed by atoms with Crippen LogP contribution in [0.1, 0.15) is 16.7 Å². The molecule has 0 aliphatic carbocycles. The van der Waals surface area contributed by atoms with Crippen LogP contribution in [0, 0.1) is 22.7 Å². The number of methoxy groups -OCH3 is 1. The summed E-state index contributed by atoms with van der Waals surface area (Å²) in [5, 5.41) is 18.5. The average molecular weight is 449 g/mol. The Kier molecular flexibility index (Phi) is 7.48. The third-order valence-corrected chi connectivity index (χ3v) is 6.22. The zero-order valence-electron chi connectivity index (χ0n) is 19.4. The molecule has 0 N–H and O–H groups in total. The van der Waals surface area contributed by atoms with E-state index in [-0.39, 0.29) is 5.57 Å². The summed E-state index contributed by atoms with van der Waals surface area (Å²) in [7, 11) is 1.63. The number of ether oxygens (including phenoxy) is 1. The van der Waals surface area contributed by atoms with Gasteiger partial charge in [0, 0.05) is 37.8 Å². The van der Waals surface area contributed by atoms with Gasteiger partial charge in [0.15, 0.2) is 0 Å². The largest absolute Gasteiger partial charge is 0.496 e. The molecule has 170 valence electrons. The van der Waals surface area contributed by atoms with Gasteiger partial charge >= 0.3 is 0 Å². The first-order valence-electron chi connectivity index (χ1n) is 11.5. The molecule has 1 aliphatic heterocycles. The Morgan fingerprint density at radius 3 is 1.79 bits per heavy atom. The van der Waals surface area contributed by atoms with Crippen molar-refractivity contribution in [1.82, 2.24) is 0 Å². The zero-order chi connectivity index (χ0) is 23.8. The molecular weight excluding hydrogens is 420 g/mol. The molecule has 0 bridgehead atoms. The van der Waals surface area contributed by atoms with Gasteiger partial charge in [-0.3, -0.25) is 0 Å². The lowest BCUT2D eigenvalue weighted by atomic mass is 10.0. The van der Waals surface area contributed by atoms with Crippen molar-refractivity contribution in [1.29, 1.82) is 10.5 Å². The van der Waals surface area contributed by atoms with Crippen LogP contribution < -0.4 is 14.5 Å². The number of nitriles is 2. The van der Waals surface area contributed by atoms with E-state index in [9.17, 15) is 10.5 Å². The van der Waals surface area contributed by atoms with Crippen molar-refractivity contribution in [3.63, 3.8) is 0 Å². The third kappa shape index (κ3) is 5.39. The second kappa shape index (κ2) is 11.1. The number of benzene rings is 3. The molecule has 0 atom stereocenters. The van der Waals surface area contributed by atoms with Crippen LogP contribution in [-0.2, 0) is 12.8 Å². The van der Waals surface area contributed by atoms with Crippen LogP contribution in [0.3, 0.4) is 0 Å². The number of allylic oxidation sites excluding steroid dienone is 1. The minimum Gasteiger partial charge on any atom is -0.496 e. The van der Waals surface area contributed by atoms with Crippen molar-refractivity contribution in [3.05, 3.63) is 95.1 Å². The lowest BCUT2D eigenvalue weighted by molar-refractivity contribution is 0.413. The highest BCUT2D eigenvalue weighted by Crippen LogP contribution is 2.39. The van der Waals surface area contributed by atoms with Crippen LogP contribution in [0.25, 0.3) is 6.08 Å². The SMILES string of the molecule is COc1cc2c(cc1C=C(C#N)C#N)N(CCc1ccccc1)CCN2CCc1ccccc1. The molecule has 0 unspecified atom stereocenters. The first kappa shape index (κ1) is 23.0. The first-order chi connectivity index (χ1) is 16.7. The molecule has 1 heterocycles. The van der Waals surface area contributed by atoms with Gasteiger partial charge in [-0.1, -0.05) is 60.7 Å². The van der Waals surface area contributed by atoms with Gasteiger partial charge in [0.2, 0.25) is 0 Å². The fourth-order valence-corrected chi connectivity index (χ4v) is 4.38. The minimum atomic E-state index is 0.0610. The predicted octanol–water partition coefficient (Wildman–Crippen LogP) is 5.24. The van der Waals surface area contributed by atoms with E-state index < -0.39 is 0 Å². The number of fused-ring (bicyclic) bond motifs is 1. The molecule has 3 aromatic rings. The molecule has 34 heavy (non-hydrogen) atoms. The molecule has 0 amide bonds. The highest BCUT2D eigenvalue weighted by atomic mass is 16.5. The van der Waals surface area contributed by atoms with Crippen LogP contribution in [0.2, 0.25) is 0 Å². The summed E-state index contributed by atoms with van der Waals surface area (Å²) in [5.74, 6) is 0.663. The van der Waals surface area contributed by atoms with E-state index in [2.05, 4.69) is 64.4 Å². The molecular formula is C29H28N4O. The number of hydrogen-bond acceptors (Lipinski definition) is 5. The quantitative estimate of drug-likeness (QED) is 0.441. The summed E-state index contributed by atoms with van der Waals surface area (Å²) in [6, 6.07) is 29.0. The van der Waals surface area contributed by atoms with Crippen LogP contribution in [0.5, 0.6) is 5.75 Å². The molecule has 0 aromatic heterocycles. The maximum absolute atomic E-state index is 9.27. The van der Waals surface area contributed by atoms with Crippen LogP contribution >= 0.6 is 0 Å². The Labute approximate surface area is 201 Å². The van der Waals surface area contributed by atoms with E-state index in [1.807, 2.05) is 30.3 Å². The standard InChI is InChI=1S/C29H28N4O/c1-34-29-20-28-27(19-26(29)18-25(21-30)22-31)32(14-12-23-8-4-2-5-9-23)16-17-33(28)15-13-24-10-6-3-7-11-24/h2-11,18-20H,12-17H2,1H3. The van der Waals surface area contributed by atoms with Gasteiger partial charge < -0.3 is 14.5 Å².